The lowest BCUT2D eigenvalue weighted by Crippen LogP contribution is -2.49. The zero-order valence-electron chi connectivity index (χ0n) is 13.8. The van der Waals surface area contributed by atoms with Crippen molar-refractivity contribution in [1.82, 2.24) is 15.1 Å². The summed E-state index contributed by atoms with van der Waals surface area (Å²) in [5, 5.41) is 11.9. The average molecular weight is 321 g/mol. The van der Waals surface area contributed by atoms with Crippen molar-refractivity contribution in [3.05, 3.63) is 35.4 Å². The van der Waals surface area contributed by atoms with Gasteiger partial charge in [0.05, 0.1) is 19.8 Å². The summed E-state index contributed by atoms with van der Waals surface area (Å²) in [7, 11) is 1.68. The number of carbonyl (C=O) groups excluding carboxylic acids is 1. The van der Waals surface area contributed by atoms with E-state index in [2.05, 4.69) is 15.1 Å². The van der Waals surface area contributed by atoms with E-state index in [0.29, 0.717) is 19.7 Å². The van der Waals surface area contributed by atoms with Crippen LogP contribution in [0.1, 0.15) is 11.1 Å². The van der Waals surface area contributed by atoms with Crippen LogP contribution in [0.25, 0.3) is 0 Å². The highest BCUT2D eigenvalue weighted by atomic mass is 16.5. The molecule has 0 bridgehead atoms. The average Bonchev–Trinajstić information content (AvgIpc) is 2.57. The second-order valence-corrected chi connectivity index (χ2v) is 5.87. The van der Waals surface area contributed by atoms with Gasteiger partial charge in [0.15, 0.2) is 0 Å². The summed E-state index contributed by atoms with van der Waals surface area (Å²) in [6, 6.07) is 8.07. The summed E-state index contributed by atoms with van der Waals surface area (Å²) >= 11 is 0. The third-order valence-electron chi connectivity index (χ3n) is 4.07. The predicted molar refractivity (Wildman–Crippen MR) is 89.0 cm³/mol. The number of piperazine rings is 1. The molecular formula is C17H27N3O3. The van der Waals surface area contributed by atoms with Crippen molar-refractivity contribution in [3.63, 3.8) is 0 Å². The molecule has 0 aromatic heterocycles. The molecule has 23 heavy (non-hydrogen) atoms. The third kappa shape index (κ3) is 6.27. The molecule has 1 heterocycles. The summed E-state index contributed by atoms with van der Waals surface area (Å²) in [5.41, 5.74) is 2.22. The summed E-state index contributed by atoms with van der Waals surface area (Å²) in [6.45, 7) is 6.09. The van der Waals surface area contributed by atoms with Crippen LogP contribution in [0.2, 0.25) is 0 Å². The molecule has 2 N–H and O–H groups in total. The maximum absolute atomic E-state index is 12.0. The zero-order valence-corrected chi connectivity index (χ0v) is 13.8. The molecule has 0 saturated carbocycles. The predicted octanol–water partition coefficient (Wildman–Crippen LogP) is 0.0591. The number of aliphatic hydroxyl groups is 1. The second kappa shape index (κ2) is 9.62. The monoisotopic (exact) mass is 321 g/mol. The van der Waals surface area contributed by atoms with Crippen molar-refractivity contribution < 1.29 is 14.6 Å². The summed E-state index contributed by atoms with van der Waals surface area (Å²) in [6.07, 6.45) is 0. The molecule has 1 aliphatic heterocycles. The van der Waals surface area contributed by atoms with E-state index >= 15 is 0 Å². The number of carbonyl (C=O) groups is 1. The number of ether oxygens (including phenoxy) is 1. The Morgan fingerprint density at radius 1 is 1.13 bits per heavy atom. The topological polar surface area (TPSA) is 65.0 Å². The quantitative estimate of drug-likeness (QED) is 0.709. The van der Waals surface area contributed by atoms with Gasteiger partial charge in [0.1, 0.15) is 0 Å². The number of β-amino-alcohol motifs (C(OH)–C–C–N with tert-alkyl or cyclic N) is 1. The number of benzene rings is 1. The molecule has 1 saturated heterocycles. The van der Waals surface area contributed by atoms with Crippen molar-refractivity contribution >= 4 is 5.91 Å². The molecule has 1 amide bonds. The van der Waals surface area contributed by atoms with Crippen LogP contribution in [0.5, 0.6) is 0 Å². The highest BCUT2D eigenvalue weighted by Gasteiger charge is 2.18. The zero-order chi connectivity index (χ0) is 16.5. The normalized spacial score (nSPS) is 16.4. The number of methoxy groups -OCH3 is 1. The molecular weight excluding hydrogens is 294 g/mol. The standard InChI is InChI=1S/C17H27N3O3/c1-23-14-16-4-2-15(3-5-16)12-18-17(22)13-20-8-6-19(7-9-20)10-11-21/h2-5,21H,6-14H2,1H3,(H,18,22). The number of nitrogens with one attached hydrogen (secondary N) is 1. The maximum atomic E-state index is 12.0. The van der Waals surface area contributed by atoms with Crippen molar-refractivity contribution in [1.29, 1.82) is 0 Å². The van der Waals surface area contributed by atoms with E-state index in [1.54, 1.807) is 7.11 Å². The number of aliphatic hydroxyl groups excluding tert-OH is 1. The minimum Gasteiger partial charge on any atom is -0.395 e. The van der Waals surface area contributed by atoms with E-state index < -0.39 is 0 Å². The van der Waals surface area contributed by atoms with Gasteiger partial charge in [-0.25, -0.2) is 0 Å². The Labute approximate surface area is 138 Å². The first-order chi connectivity index (χ1) is 11.2. The largest absolute Gasteiger partial charge is 0.395 e. The Kier molecular flexibility index (Phi) is 7.48. The van der Waals surface area contributed by atoms with Crippen molar-refractivity contribution in [2.45, 2.75) is 13.2 Å². The lowest BCUT2D eigenvalue weighted by molar-refractivity contribution is -0.122. The fourth-order valence-corrected chi connectivity index (χ4v) is 2.69. The molecule has 0 unspecified atom stereocenters. The minimum absolute atomic E-state index is 0.0570. The van der Waals surface area contributed by atoms with Crippen molar-refractivity contribution in [2.75, 3.05) is 53.0 Å². The van der Waals surface area contributed by atoms with Crippen LogP contribution in [-0.4, -0.2) is 73.8 Å². The molecule has 0 aliphatic carbocycles. The molecule has 128 valence electrons. The number of amides is 1. The van der Waals surface area contributed by atoms with Crippen LogP contribution in [0.15, 0.2) is 24.3 Å². The number of nitrogens with zero attached hydrogens (tertiary/aromatic N) is 2. The molecule has 1 aliphatic rings. The summed E-state index contributed by atoms with van der Waals surface area (Å²) < 4.78 is 5.08. The van der Waals surface area contributed by atoms with Gasteiger partial charge in [-0.1, -0.05) is 24.3 Å². The van der Waals surface area contributed by atoms with Gasteiger partial charge >= 0.3 is 0 Å². The maximum Gasteiger partial charge on any atom is 0.234 e. The van der Waals surface area contributed by atoms with E-state index in [4.69, 9.17) is 9.84 Å². The van der Waals surface area contributed by atoms with Crippen LogP contribution in [0.3, 0.4) is 0 Å². The van der Waals surface area contributed by atoms with E-state index in [0.717, 1.165) is 43.9 Å². The lowest BCUT2D eigenvalue weighted by atomic mass is 10.1. The fraction of sp³-hybridized carbons (Fsp3) is 0.588. The van der Waals surface area contributed by atoms with Gasteiger partial charge in [-0.15, -0.1) is 0 Å². The number of hydrogen-bond donors (Lipinski definition) is 2. The van der Waals surface area contributed by atoms with E-state index in [9.17, 15) is 4.79 Å². The minimum atomic E-state index is 0.0570. The molecule has 1 aromatic carbocycles. The van der Waals surface area contributed by atoms with Crippen LogP contribution in [0.4, 0.5) is 0 Å². The Bertz CT molecular complexity index is 470. The van der Waals surface area contributed by atoms with Gasteiger partial charge in [0.25, 0.3) is 0 Å². The molecule has 2 rings (SSSR count). The van der Waals surface area contributed by atoms with Crippen LogP contribution >= 0.6 is 0 Å². The Morgan fingerprint density at radius 2 is 1.74 bits per heavy atom. The SMILES string of the molecule is COCc1ccc(CNC(=O)CN2CCN(CCO)CC2)cc1. The van der Waals surface area contributed by atoms with Crippen LogP contribution < -0.4 is 5.32 Å². The Morgan fingerprint density at radius 3 is 2.35 bits per heavy atom. The number of rotatable bonds is 8. The first kappa shape index (κ1) is 17.9. The van der Waals surface area contributed by atoms with Crippen molar-refractivity contribution in [3.8, 4) is 0 Å². The number of hydrogen-bond acceptors (Lipinski definition) is 5. The lowest BCUT2D eigenvalue weighted by Gasteiger charge is -2.33. The Balaban J connectivity index is 1.67. The van der Waals surface area contributed by atoms with E-state index in [-0.39, 0.29) is 12.5 Å². The van der Waals surface area contributed by atoms with E-state index in [1.165, 1.54) is 0 Å². The highest BCUT2D eigenvalue weighted by molar-refractivity contribution is 5.78. The van der Waals surface area contributed by atoms with Crippen molar-refractivity contribution in [2.24, 2.45) is 0 Å². The van der Waals surface area contributed by atoms with Crippen LogP contribution in [-0.2, 0) is 22.7 Å². The molecule has 0 spiro atoms. The molecule has 6 nitrogen and oxygen atoms in total. The summed E-state index contributed by atoms with van der Waals surface area (Å²) in [5.74, 6) is 0.0570. The van der Waals surface area contributed by atoms with Crippen LogP contribution in [0, 0.1) is 0 Å². The molecule has 0 atom stereocenters. The first-order valence-electron chi connectivity index (χ1n) is 8.10. The van der Waals surface area contributed by atoms with Gasteiger partial charge in [0.2, 0.25) is 5.91 Å². The molecule has 1 fully saturated rings. The smallest absolute Gasteiger partial charge is 0.234 e. The second-order valence-electron chi connectivity index (χ2n) is 5.87. The van der Waals surface area contributed by atoms with Gasteiger partial charge in [0, 0.05) is 46.4 Å². The Hall–Kier alpha value is -1.47. The van der Waals surface area contributed by atoms with E-state index in [1.807, 2.05) is 24.3 Å². The van der Waals surface area contributed by atoms with Gasteiger partial charge in [-0.3, -0.25) is 14.6 Å². The fourth-order valence-electron chi connectivity index (χ4n) is 2.69. The summed E-state index contributed by atoms with van der Waals surface area (Å²) in [4.78, 5) is 16.4. The first-order valence-corrected chi connectivity index (χ1v) is 8.10. The van der Waals surface area contributed by atoms with Gasteiger partial charge in [-0.05, 0) is 11.1 Å². The molecule has 6 heteroatoms. The third-order valence-corrected chi connectivity index (χ3v) is 4.07. The molecule has 1 aromatic rings. The van der Waals surface area contributed by atoms with Gasteiger partial charge in [-0.2, -0.15) is 0 Å². The van der Waals surface area contributed by atoms with Gasteiger partial charge < -0.3 is 15.2 Å². The molecule has 0 radical (unpaired) electrons. The highest BCUT2D eigenvalue weighted by Crippen LogP contribution is 2.05.